The highest BCUT2D eigenvalue weighted by atomic mass is 16.4. The first-order valence-electron chi connectivity index (χ1n) is 9.19. The SMILES string of the molecule is Cn1ncc(CNC(=O)c2cc3ccccc3n2Cc2ccccc2)c1C(=O)O. The van der Waals surface area contributed by atoms with Crippen molar-refractivity contribution in [2.45, 2.75) is 13.1 Å². The minimum absolute atomic E-state index is 0.0649. The smallest absolute Gasteiger partial charge is 0.354 e. The minimum Gasteiger partial charge on any atom is -0.477 e. The summed E-state index contributed by atoms with van der Waals surface area (Å²) in [5.74, 6) is -1.34. The number of hydrogen-bond donors (Lipinski definition) is 2. The molecule has 0 aliphatic carbocycles. The van der Waals surface area contributed by atoms with Gasteiger partial charge in [-0.15, -0.1) is 0 Å². The second-order valence-corrected chi connectivity index (χ2v) is 6.79. The maximum Gasteiger partial charge on any atom is 0.354 e. The Labute approximate surface area is 167 Å². The second-order valence-electron chi connectivity index (χ2n) is 6.79. The molecule has 0 aliphatic heterocycles. The van der Waals surface area contributed by atoms with Crippen LogP contribution in [0.2, 0.25) is 0 Å². The van der Waals surface area contributed by atoms with Gasteiger partial charge in [0.2, 0.25) is 0 Å². The van der Waals surface area contributed by atoms with E-state index < -0.39 is 5.97 Å². The number of hydrogen-bond acceptors (Lipinski definition) is 3. The van der Waals surface area contributed by atoms with Crippen LogP contribution in [0.1, 0.15) is 32.1 Å². The van der Waals surface area contributed by atoms with Gasteiger partial charge in [0.05, 0.1) is 6.20 Å². The van der Waals surface area contributed by atoms with Crippen LogP contribution < -0.4 is 5.32 Å². The fourth-order valence-corrected chi connectivity index (χ4v) is 3.49. The Kier molecular flexibility index (Phi) is 4.87. The molecule has 0 spiro atoms. The molecule has 2 N–H and O–H groups in total. The van der Waals surface area contributed by atoms with E-state index in [9.17, 15) is 14.7 Å². The number of carbonyl (C=O) groups is 2. The highest BCUT2D eigenvalue weighted by Crippen LogP contribution is 2.21. The Hall–Kier alpha value is -3.87. The fourth-order valence-electron chi connectivity index (χ4n) is 3.49. The summed E-state index contributed by atoms with van der Waals surface area (Å²) >= 11 is 0. The van der Waals surface area contributed by atoms with Crippen molar-refractivity contribution in [3.63, 3.8) is 0 Å². The molecule has 0 unspecified atom stereocenters. The molecule has 4 rings (SSSR count). The van der Waals surface area contributed by atoms with Crippen LogP contribution in [0.5, 0.6) is 0 Å². The first-order chi connectivity index (χ1) is 14.0. The number of nitrogens with one attached hydrogen (secondary N) is 1. The van der Waals surface area contributed by atoms with Gasteiger partial charge in [0.15, 0.2) is 5.69 Å². The molecule has 0 saturated heterocycles. The van der Waals surface area contributed by atoms with Crippen molar-refractivity contribution in [3.8, 4) is 0 Å². The molecule has 7 nitrogen and oxygen atoms in total. The average molecular weight is 388 g/mol. The average Bonchev–Trinajstić information content (AvgIpc) is 3.28. The lowest BCUT2D eigenvalue weighted by Gasteiger charge is -2.11. The van der Waals surface area contributed by atoms with Crippen LogP contribution >= 0.6 is 0 Å². The van der Waals surface area contributed by atoms with Gasteiger partial charge in [-0.2, -0.15) is 5.10 Å². The van der Waals surface area contributed by atoms with Crippen LogP contribution in [0.3, 0.4) is 0 Å². The van der Waals surface area contributed by atoms with Gasteiger partial charge in [-0.25, -0.2) is 4.79 Å². The van der Waals surface area contributed by atoms with Gasteiger partial charge in [0, 0.05) is 36.6 Å². The molecule has 0 saturated carbocycles. The van der Waals surface area contributed by atoms with Gasteiger partial charge in [-0.3, -0.25) is 9.48 Å². The zero-order valence-corrected chi connectivity index (χ0v) is 15.9. The van der Waals surface area contributed by atoms with E-state index in [-0.39, 0.29) is 18.1 Å². The predicted octanol–water partition coefficient (Wildman–Crippen LogP) is 3.05. The highest BCUT2D eigenvalue weighted by molar-refractivity contribution is 5.99. The Bertz CT molecular complexity index is 1190. The van der Waals surface area contributed by atoms with Crippen molar-refractivity contribution in [2.24, 2.45) is 7.05 Å². The first-order valence-corrected chi connectivity index (χ1v) is 9.19. The molecule has 29 heavy (non-hydrogen) atoms. The third-order valence-electron chi connectivity index (χ3n) is 4.88. The molecule has 0 radical (unpaired) electrons. The lowest BCUT2D eigenvalue weighted by Crippen LogP contribution is -2.26. The number of carboxylic acid groups (broad SMARTS) is 1. The van der Waals surface area contributed by atoms with Gasteiger partial charge >= 0.3 is 5.97 Å². The van der Waals surface area contributed by atoms with E-state index in [4.69, 9.17) is 0 Å². The standard InChI is InChI=1S/C22H20N4O3/c1-25-20(22(28)29)17(13-24-25)12-23-21(27)19-11-16-9-5-6-10-18(16)26(19)14-15-7-3-2-4-8-15/h2-11,13H,12,14H2,1H3,(H,23,27)(H,28,29). The van der Waals surface area contributed by atoms with Gasteiger partial charge in [-0.05, 0) is 17.7 Å². The van der Waals surface area contributed by atoms with E-state index in [2.05, 4.69) is 10.4 Å². The van der Waals surface area contributed by atoms with Gasteiger partial charge in [0.1, 0.15) is 5.69 Å². The summed E-state index contributed by atoms with van der Waals surface area (Å²) in [5, 5.41) is 17.1. The normalized spacial score (nSPS) is 10.9. The lowest BCUT2D eigenvalue weighted by atomic mass is 10.2. The van der Waals surface area contributed by atoms with Gasteiger partial charge in [-0.1, -0.05) is 48.5 Å². The van der Waals surface area contributed by atoms with Crippen LogP contribution in [-0.4, -0.2) is 31.3 Å². The van der Waals surface area contributed by atoms with E-state index in [1.807, 2.05) is 65.2 Å². The number of benzene rings is 2. The van der Waals surface area contributed by atoms with Crippen LogP contribution in [-0.2, 0) is 20.1 Å². The molecule has 0 aliphatic rings. The molecule has 1 amide bonds. The van der Waals surface area contributed by atoms with E-state index in [0.29, 0.717) is 17.8 Å². The summed E-state index contributed by atoms with van der Waals surface area (Å²) in [6.45, 7) is 0.644. The number of amides is 1. The van der Waals surface area contributed by atoms with E-state index in [0.717, 1.165) is 16.5 Å². The van der Waals surface area contributed by atoms with Gasteiger partial charge in [0.25, 0.3) is 5.91 Å². The first kappa shape index (κ1) is 18.5. The van der Waals surface area contributed by atoms with Crippen LogP contribution in [0.15, 0.2) is 66.9 Å². The molecule has 146 valence electrons. The summed E-state index contributed by atoms with van der Waals surface area (Å²) in [4.78, 5) is 24.4. The molecule has 0 fully saturated rings. The number of para-hydroxylation sites is 1. The minimum atomic E-state index is -1.08. The molecule has 0 atom stereocenters. The van der Waals surface area contributed by atoms with Crippen molar-refractivity contribution in [1.29, 1.82) is 0 Å². The molecule has 4 aromatic rings. The second kappa shape index (κ2) is 7.63. The van der Waals surface area contributed by atoms with Crippen molar-refractivity contribution < 1.29 is 14.7 Å². The van der Waals surface area contributed by atoms with Crippen LogP contribution in [0, 0.1) is 0 Å². The number of carbonyl (C=O) groups excluding carboxylic acids is 1. The number of aromatic nitrogens is 3. The third kappa shape index (κ3) is 3.62. The molecular formula is C22H20N4O3. The zero-order valence-electron chi connectivity index (χ0n) is 15.9. The molecular weight excluding hydrogens is 368 g/mol. The van der Waals surface area contributed by atoms with Crippen LogP contribution in [0.4, 0.5) is 0 Å². The predicted molar refractivity (Wildman–Crippen MR) is 109 cm³/mol. The number of carboxylic acids is 1. The monoisotopic (exact) mass is 388 g/mol. The van der Waals surface area contributed by atoms with E-state index in [1.54, 1.807) is 7.05 Å². The molecule has 2 heterocycles. The largest absolute Gasteiger partial charge is 0.477 e. The number of fused-ring (bicyclic) bond motifs is 1. The lowest BCUT2D eigenvalue weighted by molar-refractivity contribution is 0.0682. The molecule has 2 aromatic heterocycles. The molecule has 0 bridgehead atoms. The number of aryl methyl sites for hydroxylation is 1. The third-order valence-corrected chi connectivity index (χ3v) is 4.88. The quantitative estimate of drug-likeness (QED) is 0.531. The number of nitrogens with zero attached hydrogens (tertiary/aromatic N) is 3. The van der Waals surface area contributed by atoms with Crippen molar-refractivity contribution >= 4 is 22.8 Å². The Morgan fingerprint density at radius 3 is 2.55 bits per heavy atom. The summed E-state index contributed by atoms with van der Waals surface area (Å²) in [6, 6.07) is 19.6. The van der Waals surface area contributed by atoms with E-state index in [1.165, 1.54) is 10.9 Å². The Morgan fingerprint density at radius 1 is 1.07 bits per heavy atom. The number of rotatable bonds is 6. The zero-order chi connectivity index (χ0) is 20.4. The summed E-state index contributed by atoms with van der Waals surface area (Å²) < 4.78 is 3.26. The highest BCUT2D eigenvalue weighted by Gasteiger charge is 2.19. The fraction of sp³-hybridized carbons (Fsp3) is 0.136. The summed E-state index contributed by atoms with van der Waals surface area (Å²) in [5.41, 5.74) is 3.10. The molecule has 7 heteroatoms. The van der Waals surface area contributed by atoms with Gasteiger partial charge < -0.3 is 15.0 Å². The number of aromatic carboxylic acids is 1. The van der Waals surface area contributed by atoms with Crippen molar-refractivity contribution in [3.05, 3.63) is 89.4 Å². The van der Waals surface area contributed by atoms with E-state index >= 15 is 0 Å². The molecule has 2 aromatic carbocycles. The Balaban J connectivity index is 1.64. The Morgan fingerprint density at radius 2 is 1.79 bits per heavy atom. The van der Waals surface area contributed by atoms with Crippen LogP contribution in [0.25, 0.3) is 10.9 Å². The summed E-state index contributed by atoms with van der Waals surface area (Å²) in [6.07, 6.45) is 1.46. The summed E-state index contributed by atoms with van der Waals surface area (Å²) in [7, 11) is 1.56. The van der Waals surface area contributed by atoms with Crippen molar-refractivity contribution in [1.82, 2.24) is 19.7 Å². The maximum atomic E-state index is 13.0. The van der Waals surface area contributed by atoms with Crippen molar-refractivity contribution in [2.75, 3.05) is 0 Å². The maximum absolute atomic E-state index is 13.0. The topological polar surface area (TPSA) is 89.2 Å².